The number of Topliss-reactive ketones (excluding diaryl/α,β-unsaturated/α-hetero) is 1. The van der Waals surface area contributed by atoms with Crippen LogP contribution in [0.15, 0.2) is 36.4 Å². The summed E-state index contributed by atoms with van der Waals surface area (Å²) in [4.78, 5) is 28.1. The van der Waals surface area contributed by atoms with Crippen LogP contribution in [0.1, 0.15) is 17.5 Å². The van der Waals surface area contributed by atoms with Crippen LogP contribution >= 0.6 is 23.2 Å². The molecule has 0 aromatic heterocycles. The average molecular weight is 433 g/mol. The molecular formula is C22H22Cl2N2O3. The predicted octanol–water partition coefficient (Wildman–Crippen LogP) is 3.78. The highest BCUT2D eigenvalue weighted by atomic mass is 35.5. The first kappa shape index (κ1) is 20.0. The van der Waals surface area contributed by atoms with E-state index in [1.54, 1.807) is 6.07 Å². The lowest BCUT2D eigenvalue weighted by atomic mass is 10.1. The number of benzene rings is 2. The summed E-state index contributed by atoms with van der Waals surface area (Å²) in [6, 6.07) is 11.3. The predicted molar refractivity (Wildman–Crippen MR) is 114 cm³/mol. The number of hydrogen-bond donors (Lipinski definition) is 0. The van der Waals surface area contributed by atoms with Crippen molar-refractivity contribution in [1.82, 2.24) is 4.90 Å². The van der Waals surface area contributed by atoms with Crippen LogP contribution in [0, 0.1) is 0 Å². The van der Waals surface area contributed by atoms with E-state index in [0.29, 0.717) is 49.0 Å². The largest absolute Gasteiger partial charge is 0.493 e. The van der Waals surface area contributed by atoms with Gasteiger partial charge in [0, 0.05) is 44.7 Å². The number of fused-ring (bicyclic) bond motifs is 1. The summed E-state index contributed by atoms with van der Waals surface area (Å²) in [6.07, 6.45) is 1.33. The second-order valence-corrected chi connectivity index (χ2v) is 8.20. The molecule has 1 amide bonds. The summed E-state index contributed by atoms with van der Waals surface area (Å²) in [5, 5.41) is 1.08. The number of ketones is 1. The highest BCUT2D eigenvalue weighted by Crippen LogP contribution is 2.28. The smallest absolute Gasteiger partial charge is 0.226 e. The van der Waals surface area contributed by atoms with Gasteiger partial charge in [0.15, 0.2) is 0 Å². The summed E-state index contributed by atoms with van der Waals surface area (Å²) in [5.74, 6) is 1.05. The summed E-state index contributed by atoms with van der Waals surface area (Å²) in [5.41, 5.74) is 3.14. The fourth-order valence-corrected chi connectivity index (χ4v) is 4.12. The van der Waals surface area contributed by atoms with Crippen LogP contribution in [0.3, 0.4) is 0 Å². The SMILES string of the molecule is O=C1Cc2ccc(OCCC(=O)N3CCN(c4ccc(Cl)c(Cl)c4)CC3)cc2C1. The molecular weight excluding hydrogens is 411 g/mol. The summed E-state index contributed by atoms with van der Waals surface area (Å²) >= 11 is 12.1. The van der Waals surface area contributed by atoms with Crippen LogP contribution in [0.4, 0.5) is 5.69 Å². The lowest BCUT2D eigenvalue weighted by Gasteiger charge is -2.36. The monoisotopic (exact) mass is 432 g/mol. The Morgan fingerprint density at radius 1 is 0.931 bits per heavy atom. The molecule has 0 N–H and O–H groups in total. The van der Waals surface area contributed by atoms with Gasteiger partial charge in [-0.2, -0.15) is 0 Å². The minimum Gasteiger partial charge on any atom is -0.493 e. The number of amides is 1. The van der Waals surface area contributed by atoms with Crippen LogP contribution < -0.4 is 9.64 Å². The van der Waals surface area contributed by atoms with Crippen molar-refractivity contribution in [3.8, 4) is 5.75 Å². The molecule has 29 heavy (non-hydrogen) atoms. The van der Waals surface area contributed by atoms with Gasteiger partial charge in [0.05, 0.1) is 23.1 Å². The van der Waals surface area contributed by atoms with Crippen LogP contribution in [0.5, 0.6) is 5.75 Å². The Morgan fingerprint density at radius 3 is 2.45 bits per heavy atom. The molecule has 4 rings (SSSR count). The van der Waals surface area contributed by atoms with E-state index in [4.69, 9.17) is 27.9 Å². The third-order valence-corrected chi connectivity index (χ3v) is 6.18. The van der Waals surface area contributed by atoms with Gasteiger partial charge in [-0.1, -0.05) is 29.3 Å². The van der Waals surface area contributed by atoms with E-state index in [1.165, 1.54) is 0 Å². The number of ether oxygens (including phenoxy) is 1. The van der Waals surface area contributed by atoms with Crippen molar-refractivity contribution in [3.05, 3.63) is 57.6 Å². The van der Waals surface area contributed by atoms with E-state index in [9.17, 15) is 9.59 Å². The topological polar surface area (TPSA) is 49.9 Å². The average Bonchev–Trinajstić information content (AvgIpc) is 3.09. The number of nitrogens with zero attached hydrogens (tertiary/aromatic N) is 2. The lowest BCUT2D eigenvalue weighted by Crippen LogP contribution is -2.49. The molecule has 2 aromatic carbocycles. The standard InChI is InChI=1S/C22H22Cl2N2O3/c23-20-4-2-17(14-21(20)24)25-6-8-26(9-7-25)22(28)5-10-29-19-3-1-15-11-18(27)12-16(15)13-19/h1-4,13-14H,5-12H2. The van der Waals surface area contributed by atoms with Gasteiger partial charge in [0.2, 0.25) is 5.91 Å². The zero-order valence-corrected chi connectivity index (χ0v) is 17.5. The minimum absolute atomic E-state index is 0.0927. The number of piperazine rings is 1. The second kappa shape index (κ2) is 8.64. The van der Waals surface area contributed by atoms with Crippen molar-refractivity contribution in [2.24, 2.45) is 0 Å². The van der Waals surface area contributed by atoms with Gasteiger partial charge in [-0.15, -0.1) is 0 Å². The van der Waals surface area contributed by atoms with Crippen molar-refractivity contribution < 1.29 is 14.3 Å². The van der Waals surface area contributed by atoms with E-state index in [2.05, 4.69) is 4.90 Å². The molecule has 1 heterocycles. The maximum atomic E-state index is 12.5. The molecule has 0 atom stereocenters. The maximum absolute atomic E-state index is 12.5. The highest BCUT2D eigenvalue weighted by Gasteiger charge is 2.22. The fraction of sp³-hybridized carbons (Fsp3) is 0.364. The normalized spacial score (nSPS) is 16.1. The number of anilines is 1. The van der Waals surface area contributed by atoms with E-state index in [-0.39, 0.29) is 11.7 Å². The first-order chi connectivity index (χ1) is 14.0. The number of halogens is 2. The molecule has 0 bridgehead atoms. The maximum Gasteiger partial charge on any atom is 0.226 e. The second-order valence-electron chi connectivity index (χ2n) is 7.39. The molecule has 7 heteroatoms. The van der Waals surface area contributed by atoms with E-state index in [0.717, 1.165) is 35.7 Å². The lowest BCUT2D eigenvalue weighted by molar-refractivity contribution is -0.132. The zero-order chi connectivity index (χ0) is 20.4. The Bertz CT molecular complexity index is 940. The van der Waals surface area contributed by atoms with Crippen LogP contribution in [-0.2, 0) is 22.4 Å². The van der Waals surface area contributed by atoms with Crippen LogP contribution in [-0.4, -0.2) is 49.4 Å². The number of rotatable bonds is 5. The van der Waals surface area contributed by atoms with Gasteiger partial charge in [0.25, 0.3) is 0 Å². The number of hydrogen-bond acceptors (Lipinski definition) is 4. The Labute approximate surface area is 180 Å². The van der Waals surface area contributed by atoms with Crippen molar-refractivity contribution in [3.63, 3.8) is 0 Å². The van der Waals surface area contributed by atoms with E-state index >= 15 is 0 Å². The molecule has 1 aliphatic heterocycles. The Morgan fingerprint density at radius 2 is 1.69 bits per heavy atom. The Kier molecular flexibility index (Phi) is 5.97. The molecule has 1 saturated heterocycles. The first-order valence-corrected chi connectivity index (χ1v) is 10.5. The van der Waals surface area contributed by atoms with E-state index < -0.39 is 0 Å². The van der Waals surface area contributed by atoms with Gasteiger partial charge in [-0.3, -0.25) is 9.59 Å². The molecule has 0 saturated carbocycles. The highest BCUT2D eigenvalue weighted by molar-refractivity contribution is 6.42. The molecule has 0 unspecified atom stereocenters. The molecule has 0 spiro atoms. The summed E-state index contributed by atoms with van der Waals surface area (Å²) < 4.78 is 5.75. The third kappa shape index (κ3) is 4.68. The summed E-state index contributed by atoms with van der Waals surface area (Å²) in [7, 11) is 0. The minimum atomic E-state index is 0.0927. The van der Waals surface area contributed by atoms with Crippen molar-refractivity contribution in [2.45, 2.75) is 19.3 Å². The van der Waals surface area contributed by atoms with Gasteiger partial charge >= 0.3 is 0 Å². The van der Waals surface area contributed by atoms with Gasteiger partial charge < -0.3 is 14.5 Å². The molecule has 2 aliphatic rings. The van der Waals surface area contributed by atoms with Crippen molar-refractivity contribution in [2.75, 3.05) is 37.7 Å². The molecule has 0 radical (unpaired) electrons. The Balaban J connectivity index is 1.23. The fourth-order valence-electron chi connectivity index (χ4n) is 3.83. The molecule has 2 aromatic rings. The third-order valence-electron chi connectivity index (χ3n) is 5.44. The van der Waals surface area contributed by atoms with Crippen molar-refractivity contribution in [1.29, 1.82) is 0 Å². The molecule has 1 fully saturated rings. The van der Waals surface area contributed by atoms with Crippen LogP contribution in [0.25, 0.3) is 0 Å². The number of carbonyl (C=O) groups excluding carboxylic acids is 2. The quantitative estimate of drug-likeness (QED) is 0.721. The van der Waals surface area contributed by atoms with Gasteiger partial charge in [0.1, 0.15) is 11.5 Å². The van der Waals surface area contributed by atoms with Crippen molar-refractivity contribution >= 4 is 40.6 Å². The zero-order valence-electron chi connectivity index (χ0n) is 16.0. The van der Waals surface area contributed by atoms with E-state index in [1.807, 2.05) is 35.2 Å². The molecule has 1 aliphatic carbocycles. The summed E-state index contributed by atoms with van der Waals surface area (Å²) in [6.45, 7) is 3.17. The van der Waals surface area contributed by atoms with Crippen LogP contribution in [0.2, 0.25) is 10.0 Å². The Hall–Kier alpha value is -2.24. The first-order valence-electron chi connectivity index (χ1n) is 9.73. The molecule has 152 valence electrons. The molecule has 5 nitrogen and oxygen atoms in total. The van der Waals surface area contributed by atoms with Gasteiger partial charge in [-0.25, -0.2) is 0 Å². The van der Waals surface area contributed by atoms with Gasteiger partial charge in [-0.05, 0) is 41.5 Å². The number of carbonyl (C=O) groups is 2.